The van der Waals surface area contributed by atoms with Crippen LogP contribution in [0.15, 0.2) is 18.6 Å². The van der Waals surface area contributed by atoms with Crippen LogP contribution in [0.25, 0.3) is 11.0 Å². The summed E-state index contributed by atoms with van der Waals surface area (Å²) < 4.78 is 0. The molecule has 2 aliphatic rings. The van der Waals surface area contributed by atoms with Crippen LogP contribution in [0.5, 0.6) is 0 Å². The van der Waals surface area contributed by atoms with E-state index >= 15 is 0 Å². The van der Waals surface area contributed by atoms with E-state index in [-0.39, 0.29) is 5.91 Å². The van der Waals surface area contributed by atoms with Crippen LogP contribution in [0.4, 0.5) is 5.82 Å². The molecule has 0 aromatic carbocycles. The van der Waals surface area contributed by atoms with Crippen molar-refractivity contribution in [3.05, 3.63) is 18.6 Å². The van der Waals surface area contributed by atoms with Gasteiger partial charge in [0.1, 0.15) is 17.8 Å². The van der Waals surface area contributed by atoms with Crippen LogP contribution in [-0.2, 0) is 4.79 Å². The van der Waals surface area contributed by atoms with Crippen molar-refractivity contribution in [2.75, 3.05) is 18.5 Å². The van der Waals surface area contributed by atoms with E-state index in [1.807, 2.05) is 12.3 Å². The van der Waals surface area contributed by atoms with Gasteiger partial charge in [-0.15, -0.1) is 0 Å². The molecule has 2 N–H and O–H groups in total. The fourth-order valence-electron chi connectivity index (χ4n) is 3.86. The zero-order valence-corrected chi connectivity index (χ0v) is 12.0. The number of piperidine rings is 1. The van der Waals surface area contributed by atoms with E-state index in [1.54, 1.807) is 6.33 Å². The zero-order chi connectivity index (χ0) is 14.4. The summed E-state index contributed by atoms with van der Waals surface area (Å²) in [6, 6.07) is 2.47. The Morgan fingerprint density at radius 3 is 3.05 bits per heavy atom. The molecule has 110 valence electrons. The van der Waals surface area contributed by atoms with Crippen molar-refractivity contribution < 1.29 is 4.79 Å². The molecule has 0 spiro atoms. The number of H-pyrrole nitrogens is 1. The van der Waals surface area contributed by atoms with Crippen molar-refractivity contribution in [1.29, 1.82) is 0 Å². The molecule has 4 rings (SSSR count). The van der Waals surface area contributed by atoms with Gasteiger partial charge in [0, 0.05) is 32.3 Å². The average Bonchev–Trinajstić information content (AvgIpc) is 3.11. The molecule has 2 unspecified atom stereocenters. The number of carbonyl (C=O) groups is 1. The molecule has 1 amide bonds. The van der Waals surface area contributed by atoms with Crippen LogP contribution in [0, 0.1) is 11.8 Å². The number of hydrogen-bond acceptors (Lipinski definition) is 4. The van der Waals surface area contributed by atoms with Crippen molar-refractivity contribution in [3.8, 4) is 0 Å². The molecule has 2 aromatic heterocycles. The van der Waals surface area contributed by atoms with Gasteiger partial charge in [-0.3, -0.25) is 4.79 Å². The SMILES string of the molecule is CN(c1ncnc2[nH]ccc12)[C@@H]1CC2CNC(=O)CC2C1. The van der Waals surface area contributed by atoms with Gasteiger partial charge in [-0.05, 0) is 30.7 Å². The topological polar surface area (TPSA) is 73.9 Å². The highest BCUT2D eigenvalue weighted by Crippen LogP contribution is 2.39. The van der Waals surface area contributed by atoms with Crippen molar-refractivity contribution in [1.82, 2.24) is 20.3 Å². The molecule has 1 saturated heterocycles. The van der Waals surface area contributed by atoms with Crippen LogP contribution in [-0.4, -0.2) is 40.5 Å². The summed E-state index contributed by atoms with van der Waals surface area (Å²) in [5.74, 6) is 2.31. The molecule has 1 aliphatic heterocycles. The van der Waals surface area contributed by atoms with Gasteiger partial charge in [-0.25, -0.2) is 9.97 Å². The zero-order valence-electron chi connectivity index (χ0n) is 12.0. The lowest BCUT2D eigenvalue weighted by atomic mass is 9.89. The Bertz CT molecular complexity index is 682. The molecule has 2 aromatic rings. The van der Waals surface area contributed by atoms with Crippen LogP contribution >= 0.6 is 0 Å². The van der Waals surface area contributed by atoms with Crippen LogP contribution < -0.4 is 10.2 Å². The van der Waals surface area contributed by atoms with Gasteiger partial charge >= 0.3 is 0 Å². The fraction of sp³-hybridized carbons (Fsp3) is 0.533. The minimum atomic E-state index is 0.203. The van der Waals surface area contributed by atoms with E-state index in [2.05, 4.69) is 32.2 Å². The van der Waals surface area contributed by atoms with Crippen LogP contribution in [0.1, 0.15) is 19.3 Å². The molecule has 2 fully saturated rings. The fourth-order valence-corrected chi connectivity index (χ4v) is 3.86. The normalized spacial score (nSPS) is 28.4. The van der Waals surface area contributed by atoms with E-state index in [1.165, 1.54) is 0 Å². The van der Waals surface area contributed by atoms with Crippen molar-refractivity contribution >= 4 is 22.8 Å². The number of aromatic nitrogens is 3. The smallest absolute Gasteiger partial charge is 0.220 e. The quantitative estimate of drug-likeness (QED) is 0.872. The Morgan fingerprint density at radius 1 is 1.29 bits per heavy atom. The number of anilines is 1. The first-order chi connectivity index (χ1) is 10.2. The second-order valence-electron chi connectivity index (χ2n) is 6.20. The number of carbonyl (C=O) groups excluding carboxylic acids is 1. The summed E-state index contributed by atoms with van der Waals surface area (Å²) in [6.07, 6.45) is 6.38. The van der Waals surface area contributed by atoms with Gasteiger partial charge in [0.2, 0.25) is 5.91 Å². The Morgan fingerprint density at radius 2 is 2.14 bits per heavy atom. The predicted molar refractivity (Wildman–Crippen MR) is 79.9 cm³/mol. The minimum absolute atomic E-state index is 0.203. The van der Waals surface area contributed by atoms with Gasteiger partial charge in [0.15, 0.2) is 0 Å². The molecule has 6 nitrogen and oxygen atoms in total. The molecule has 1 aliphatic carbocycles. The minimum Gasteiger partial charge on any atom is -0.356 e. The molecule has 0 radical (unpaired) electrons. The largest absolute Gasteiger partial charge is 0.356 e. The summed E-state index contributed by atoms with van der Waals surface area (Å²) in [5.41, 5.74) is 0.874. The molecule has 6 heteroatoms. The number of amides is 1. The highest BCUT2D eigenvalue weighted by atomic mass is 16.1. The Balaban J connectivity index is 1.59. The maximum atomic E-state index is 11.5. The van der Waals surface area contributed by atoms with E-state index in [0.717, 1.165) is 36.2 Å². The molecular weight excluding hydrogens is 266 g/mol. The molecule has 0 bridgehead atoms. The summed E-state index contributed by atoms with van der Waals surface area (Å²) in [5, 5.41) is 4.05. The van der Waals surface area contributed by atoms with Gasteiger partial charge < -0.3 is 15.2 Å². The van der Waals surface area contributed by atoms with Gasteiger partial charge in [0.05, 0.1) is 5.39 Å². The maximum Gasteiger partial charge on any atom is 0.220 e. The van der Waals surface area contributed by atoms with Crippen molar-refractivity contribution in [2.45, 2.75) is 25.3 Å². The third kappa shape index (κ3) is 2.05. The van der Waals surface area contributed by atoms with E-state index in [9.17, 15) is 4.79 Å². The van der Waals surface area contributed by atoms with Crippen LogP contribution in [0.3, 0.4) is 0 Å². The third-order valence-corrected chi connectivity index (χ3v) is 5.04. The van der Waals surface area contributed by atoms with Gasteiger partial charge in [-0.2, -0.15) is 0 Å². The number of fused-ring (bicyclic) bond motifs is 2. The lowest BCUT2D eigenvalue weighted by Crippen LogP contribution is -2.38. The number of rotatable bonds is 2. The average molecular weight is 285 g/mol. The first-order valence-corrected chi connectivity index (χ1v) is 7.50. The van der Waals surface area contributed by atoms with Gasteiger partial charge in [-0.1, -0.05) is 0 Å². The summed E-state index contributed by atoms with van der Waals surface area (Å²) in [4.78, 5) is 25.6. The van der Waals surface area contributed by atoms with E-state index in [4.69, 9.17) is 0 Å². The molecule has 3 atom stereocenters. The van der Waals surface area contributed by atoms with Crippen molar-refractivity contribution in [2.24, 2.45) is 11.8 Å². The predicted octanol–water partition coefficient (Wildman–Crippen LogP) is 1.31. The number of nitrogens with one attached hydrogen (secondary N) is 2. The molecule has 3 heterocycles. The highest BCUT2D eigenvalue weighted by molar-refractivity contribution is 5.87. The Kier molecular flexibility index (Phi) is 2.83. The highest BCUT2D eigenvalue weighted by Gasteiger charge is 2.40. The van der Waals surface area contributed by atoms with E-state index < -0.39 is 0 Å². The summed E-state index contributed by atoms with van der Waals surface area (Å²) in [7, 11) is 2.10. The second kappa shape index (κ2) is 4.72. The van der Waals surface area contributed by atoms with Crippen molar-refractivity contribution in [3.63, 3.8) is 0 Å². The Hall–Kier alpha value is -2.11. The number of hydrogen-bond donors (Lipinski definition) is 2. The third-order valence-electron chi connectivity index (χ3n) is 5.04. The lowest BCUT2D eigenvalue weighted by Gasteiger charge is -2.26. The molecule has 1 saturated carbocycles. The first-order valence-electron chi connectivity index (χ1n) is 7.50. The van der Waals surface area contributed by atoms with Gasteiger partial charge in [0.25, 0.3) is 0 Å². The number of nitrogens with zero attached hydrogens (tertiary/aromatic N) is 3. The first kappa shape index (κ1) is 12.6. The van der Waals surface area contributed by atoms with Crippen LogP contribution in [0.2, 0.25) is 0 Å². The Labute approximate surface area is 123 Å². The molecule has 21 heavy (non-hydrogen) atoms. The lowest BCUT2D eigenvalue weighted by molar-refractivity contribution is -0.124. The maximum absolute atomic E-state index is 11.5. The second-order valence-corrected chi connectivity index (χ2v) is 6.20. The monoisotopic (exact) mass is 285 g/mol. The summed E-state index contributed by atoms with van der Waals surface area (Å²) >= 11 is 0. The number of aromatic amines is 1. The standard InChI is InChI=1S/C15H19N5O/c1-20(15-12-2-3-16-14(12)18-8-19-15)11-4-9-6-13(21)17-7-10(9)5-11/h2-3,8-11H,4-7H2,1H3,(H,17,21)(H,16,18,19)/t9?,10?,11-/m0/s1. The molecular formula is C15H19N5O. The van der Waals surface area contributed by atoms with E-state index in [0.29, 0.717) is 24.3 Å². The summed E-state index contributed by atoms with van der Waals surface area (Å²) in [6.45, 7) is 0.831.